The molecule has 0 heterocycles. The quantitative estimate of drug-likeness (QED) is 0.359. The summed E-state index contributed by atoms with van der Waals surface area (Å²) < 4.78 is 5.52. The number of aryl methyl sites for hydroxylation is 2. The molecule has 3 aromatic rings. The second-order valence-corrected chi connectivity index (χ2v) is 7.83. The van der Waals surface area contributed by atoms with Crippen LogP contribution >= 0.6 is 23.2 Å². The van der Waals surface area contributed by atoms with E-state index in [1.807, 2.05) is 38.1 Å². The zero-order chi connectivity index (χ0) is 23.1. The van der Waals surface area contributed by atoms with Crippen molar-refractivity contribution < 1.29 is 14.3 Å². The summed E-state index contributed by atoms with van der Waals surface area (Å²) in [5.74, 6) is -0.488. The summed E-state index contributed by atoms with van der Waals surface area (Å²) in [6, 6.07) is 17.5. The fourth-order valence-corrected chi connectivity index (χ4v) is 3.38. The van der Waals surface area contributed by atoms with Crippen molar-refractivity contribution in [2.24, 2.45) is 5.10 Å². The highest BCUT2D eigenvalue weighted by atomic mass is 35.5. The van der Waals surface area contributed by atoms with Crippen LogP contribution in [0.3, 0.4) is 0 Å². The number of hydrogen-bond donors (Lipinski definition) is 2. The maximum absolute atomic E-state index is 12.2. The molecule has 0 aliphatic heterocycles. The number of carbonyl (C=O) groups is 2. The Balaban J connectivity index is 1.58. The SMILES string of the molecule is Cc1ccc(NC(=O)COc2c(Cl)cc(/C=N/NC(=O)c3ccccc3)cc2Cl)cc1C. The molecule has 0 fully saturated rings. The summed E-state index contributed by atoms with van der Waals surface area (Å²) >= 11 is 12.5. The first kappa shape index (κ1) is 23.3. The van der Waals surface area contributed by atoms with Gasteiger partial charge in [-0.15, -0.1) is 0 Å². The van der Waals surface area contributed by atoms with Crippen LogP contribution < -0.4 is 15.5 Å². The molecule has 0 atom stereocenters. The number of halogens is 2. The van der Waals surface area contributed by atoms with Gasteiger partial charge >= 0.3 is 0 Å². The Hall–Kier alpha value is -3.35. The number of anilines is 1. The van der Waals surface area contributed by atoms with Crippen LogP contribution in [-0.4, -0.2) is 24.6 Å². The van der Waals surface area contributed by atoms with Gasteiger partial charge in [0.15, 0.2) is 12.4 Å². The van der Waals surface area contributed by atoms with E-state index in [0.29, 0.717) is 16.8 Å². The Morgan fingerprint density at radius 1 is 0.969 bits per heavy atom. The highest BCUT2D eigenvalue weighted by molar-refractivity contribution is 6.37. The highest BCUT2D eigenvalue weighted by Gasteiger charge is 2.12. The lowest BCUT2D eigenvalue weighted by Gasteiger charge is -2.12. The smallest absolute Gasteiger partial charge is 0.271 e. The predicted molar refractivity (Wildman–Crippen MR) is 128 cm³/mol. The summed E-state index contributed by atoms with van der Waals surface area (Å²) in [4.78, 5) is 24.2. The van der Waals surface area contributed by atoms with E-state index in [9.17, 15) is 9.59 Å². The number of carbonyl (C=O) groups excluding carboxylic acids is 2. The number of rotatable bonds is 7. The molecule has 6 nitrogen and oxygen atoms in total. The van der Waals surface area contributed by atoms with Gasteiger partial charge in [-0.2, -0.15) is 5.10 Å². The summed E-state index contributed by atoms with van der Waals surface area (Å²) in [7, 11) is 0. The van der Waals surface area contributed by atoms with Gasteiger partial charge in [0, 0.05) is 11.3 Å². The third-order valence-corrected chi connectivity index (χ3v) is 5.14. The first-order valence-corrected chi connectivity index (χ1v) is 10.5. The lowest BCUT2D eigenvalue weighted by molar-refractivity contribution is -0.118. The van der Waals surface area contributed by atoms with E-state index in [0.717, 1.165) is 11.1 Å². The van der Waals surface area contributed by atoms with Crippen LogP contribution in [0.15, 0.2) is 65.8 Å². The average molecular weight is 470 g/mol. The molecule has 0 spiro atoms. The van der Waals surface area contributed by atoms with Crippen molar-refractivity contribution in [1.29, 1.82) is 0 Å². The number of ether oxygens (including phenoxy) is 1. The van der Waals surface area contributed by atoms with Gasteiger partial charge in [0.1, 0.15) is 0 Å². The third kappa shape index (κ3) is 6.33. The van der Waals surface area contributed by atoms with Gasteiger partial charge in [-0.05, 0) is 66.9 Å². The molecule has 0 aromatic heterocycles. The van der Waals surface area contributed by atoms with Crippen LogP contribution in [0.4, 0.5) is 5.69 Å². The largest absolute Gasteiger partial charge is 0.481 e. The topological polar surface area (TPSA) is 79.8 Å². The van der Waals surface area contributed by atoms with Gasteiger partial charge in [-0.25, -0.2) is 5.43 Å². The summed E-state index contributed by atoms with van der Waals surface area (Å²) in [6.07, 6.45) is 1.41. The molecule has 2 amide bonds. The molecule has 2 N–H and O–H groups in total. The van der Waals surface area contributed by atoms with E-state index in [-0.39, 0.29) is 34.2 Å². The fourth-order valence-electron chi connectivity index (χ4n) is 2.77. The molecule has 0 bridgehead atoms. The maximum atomic E-state index is 12.2. The van der Waals surface area contributed by atoms with Crippen molar-refractivity contribution in [2.75, 3.05) is 11.9 Å². The molecule has 3 rings (SSSR count). The second kappa shape index (κ2) is 10.8. The molecule has 0 aliphatic rings. The molecule has 32 heavy (non-hydrogen) atoms. The summed E-state index contributed by atoms with van der Waals surface area (Å²) in [5, 5.41) is 7.12. The Morgan fingerprint density at radius 2 is 1.66 bits per heavy atom. The molecule has 0 saturated heterocycles. The Morgan fingerprint density at radius 3 is 2.31 bits per heavy atom. The van der Waals surface area contributed by atoms with Crippen LogP contribution in [0.2, 0.25) is 10.0 Å². The third-order valence-electron chi connectivity index (χ3n) is 4.57. The van der Waals surface area contributed by atoms with Gasteiger partial charge in [0.2, 0.25) is 0 Å². The van der Waals surface area contributed by atoms with Crippen LogP contribution in [0.1, 0.15) is 27.0 Å². The minimum atomic E-state index is -0.339. The Labute approximate surface area is 196 Å². The number of hydrazone groups is 1. The van der Waals surface area contributed by atoms with E-state index >= 15 is 0 Å². The zero-order valence-corrected chi connectivity index (χ0v) is 19.0. The van der Waals surface area contributed by atoms with E-state index in [4.69, 9.17) is 27.9 Å². The van der Waals surface area contributed by atoms with Crippen LogP contribution in [0.25, 0.3) is 0 Å². The average Bonchev–Trinajstić information content (AvgIpc) is 2.76. The van der Waals surface area contributed by atoms with E-state index in [2.05, 4.69) is 15.8 Å². The second-order valence-electron chi connectivity index (χ2n) is 7.01. The first-order chi connectivity index (χ1) is 15.3. The zero-order valence-electron chi connectivity index (χ0n) is 17.5. The molecule has 8 heteroatoms. The maximum Gasteiger partial charge on any atom is 0.271 e. The predicted octanol–water partition coefficient (Wildman–Crippen LogP) is 5.39. The van der Waals surface area contributed by atoms with Crippen molar-refractivity contribution >= 4 is 46.9 Å². The minimum absolute atomic E-state index is 0.189. The Kier molecular flexibility index (Phi) is 7.87. The molecular formula is C24H21Cl2N3O3. The monoisotopic (exact) mass is 469 g/mol. The van der Waals surface area contributed by atoms with Crippen molar-refractivity contribution in [3.8, 4) is 5.75 Å². The molecule has 0 aliphatic carbocycles. The number of amides is 2. The minimum Gasteiger partial charge on any atom is -0.481 e. The molecule has 164 valence electrons. The molecule has 0 saturated carbocycles. The number of nitrogens with zero attached hydrogens (tertiary/aromatic N) is 1. The van der Waals surface area contributed by atoms with Crippen LogP contribution in [-0.2, 0) is 4.79 Å². The van der Waals surface area contributed by atoms with Gasteiger partial charge in [-0.1, -0.05) is 47.5 Å². The van der Waals surface area contributed by atoms with E-state index < -0.39 is 0 Å². The summed E-state index contributed by atoms with van der Waals surface area (Å²) in [5.41, 5.74) is 6.38. The fraction of sp³-hybridized carbons (Fsp3) is 0.125. The highest BCUT2D eigenvalue weighted by Crippen LogP contribution is 2.33. The lowest BCUT2D eigenvalue weighted by atomic mass is 10.1. The van der Waals surface area contributed by atoms with Crippen molar-refractivity contribution in [3.05, 3.63) is 93.0 Å². The van der Waals surface area contributed by atoms with Crippen LogP contribution in [0.5, 0.6) is 5.75 Å². The number of nitrogens with one attached hydrogen (secondary N) is 2. The van der Waals surface area contributed by atoms with Gasteiger partial charge in [0.05, 0.1) is 16.3 Å². The van der Waals surface area contributed by atoms with Crippen molar-refractivity contribution in [2.45, 2.75) is 13.8 Å². The normalized spacial score (nSPS) is 10.8. The van der Waals surface area contributed by atoms with E-state index in [1.165, 1.54) is 6.21 Å². The van der Waals surface area contributed by atoms with Gasteiger partial charge < -0.3 is 10.1 Å². The number of benzene rings is 3. The number of hydrogen-bond acceptors (Lipinski definition) is 4. The molecule has 0 radical (unpaired) electrons. The summed E-state index contributed by atoms with van der Waals surface area (Å²) in [6.45, 7) is 3.71. The van der Waals surface area contributed by atoms with Crippen molar-refractivity contribution in [3.63, 3.8) is 0 Å². The lowest BCUT2D eigenvalue weighted by Crippen LogP contribution is -2.20. The van der Waals surface area contributed by atoms with Crippen LogP contribution in [0, 0.1) is 13.8 Å². The standard InChI is InChI=1S/C24H21Cl2N3O3/c1-15-8-9-19(10-16(15)2)28-22(30)14-32-23-20(25)11-17(12-21(23)26)13-27-29-24(31)18-6-4-3-5-7-18/h3-13H,14H2,1-2H3,(H,28,30)(H,29,31)/b27-13+. The molecule has 0 unspecified atom stereocenters. The van der Waals surface area contributed by atoms with Gasteiger partial charge in [-0.3, -0.25) is 9.59 Å². The Bertz CT molecular complexity index is 1140. The van der Waals surface area contributed by atoms with Crippen molar-refractivity contribution in [1.82, 2.24) is 5.43 Å². The van der Waals surface area contributed by atoms with E-state index in [1.54, 1.807) is 36.4 Å². The molecule has 3 aromatic carbocycles. The molecular weight excluding hydrogens is 449 g/mol. The first-order valence-electron chi connectivity index (χ1n) is 9.71. The van der Waals surface area contributed by atoms with Gasteiger partial charge in [0.25, 0.3) is 11.8 Å².